The maximum Gasteiger partial charge on any atom is 0.0965 e. The summed E-state index contributed by atoms with van der Waals surface area (Å²) >= 11 is 1.77. The van der Waals surface area contributed by atoms with Gasteiger partial charge in [-0.3, -0.25) is 0 Å². The van der Waals surface area contributed by atoms with Gasteiger partial charge in [-0.2, -0.15) is 0 Å². The van der Waals surface area contributed by atoms with Crippen LogP contribution in [0.3, 0.4) is 0 Å². The van der Waals surface area contributed by atoms with Crippen LogP contribution in [0.15, 0.2) is 11.6 Å². The molecule has 3 heteroatoms. The molecule has 1 heterocycles. The molecule has 1 aliphatic rings. The molecule has 0 radical (unpaired) electrons. The Bertz CT molecular complexity index is 359. The lowest BCUT2D eigenvalue weighted by molar-refractivity contribution is 0.160. The molecule has 1 aliphatic carbocycles. The number of aromatic nitrogens is 1. The minimum atomic E-state index is 0.485. The van der Waals surface area contributed by atoms with Crippen LogP contribution in [0.5, 0.6) is 0 Å². The Morgan fingerprint density at radius 2 is 2.00 bits per heavy atom. The third-order valence-corrected chi connectivity index (χ3v) is 5.54. The van der Waals surface area contributed by atoms with E-state index in [-0.39, 0.29) is 0 Å². The van der Waals surface area contributed by atoms with E-state index >= 15 is 0 Å². The zero-order chi connectivity index (χ0) is 13.9. The molecule has 1 unspecified atom stereocenters. The lowest BCUT2D eigenvalue weighted by Gasteiger charge is -2.37. The van der Waals surface area contributed by atoms with E-state index in [0.717, 1.165) is 18.5 Å². The maximum atomic E-state index is 4.40. The molecule has 2 nitrogen and oxygen atoms in total. The topological polar surface area (TPSA) is 24.9 Å². The van der Waals surface area contributed by atoms with Crippen LogP contribution in [0.4, 0.5) is 0 Å². The number of nitrogens with zero attached hydrogens (tertiary/aromatic N) is 1. The molecule has 1 saturated carbocycles. The molecule has 19 heavy (non-hydrogen) atoms. The third kappa shape index (κ3) is 4.28. The van der Waals surface area contributed by atoms with Crippen LogP contribution >= 0.6 is 11.3 Å². The summed E-state index contributed by atoms with van der Waals surface area (Å²) in [6.07, 6.45) is 7.35. The first-order chi connectivity index (χ1) is 8.97. The van der Waals surface area contributed by atoms with Gasteiger partial charge in [-0.15, -0.1) is 11.3 Å². The highest BCUT2D eigenvalue weighted by Gasteiger charge is 2.29. The summed E-state index contributed by atoms with van der Waals surface area (Å²) < 4.78 is 0. The summed E-state index contributed by atoms with van der Waals surface area (Å²) in [5.41, 5.74) is 0.485. The lowest BCUT2D eigenvalue weighted by Crippen LogP contribution is -2.37. The molecule has 0 amide bonds. The Hall–Kier alpha value is -0.410. The summed E-state index contributed by atoms with van der Waals surface area (Å²) in [4.78, 5) is 4.40. The lowest BCUT2D eigenvalue weighted by atomic mass is 9.71. The van der Waals surface area contributed by atoms with E-state index in [1.807, 2.05) is 6.20 Å². The molecule has 1 atom stereocenters. The smallest absolute Gasteiger partial charge is 0.0965 e. The minimum absolute atomic E-state index is 0.485. The normalized spacial score (nSPS) is 26.3. The average molecular weight is 280 g/mol. The second-order valence-electron chi connectivity index (χ2n) is 7.09. The molecule has 0 aromatic carbocycles. The van der Waals surface area contributed by atoms with E-state index in [0.29, 0.717) is 11.3 Å². The van der Waals surface area contributed by atoms with Crippen molar-refractivity contribution in [3.05, 3.63) is 16.6 Å². The van der Waals surface area contributed by atoms with Crippen molar-refractivity contribution in [3.63, 3.8) is 0 Å². The Labute approximate surface area is 122 Å². The van der Waals surface area contributed by atoms with Gasteiger partial charge in [0.1, 0.15) is 0 Å². The van der Waals surface area contributed by atoms with Crippen molar-refractivity contribution in [2.75, 3.05) is 6.54 Å². The Balaban J connectivity index is 1.71. The monoisotopic (exact) mass is 280 g/mol. The second-order valence-corrected chi connectivity index (χ2v) is 8.02. The first-order valence-electron chi connectivity index (χ1n) is 7.59. The first kappa shape index (κ1) is 15.0. The Kier molecular flexibility index (Phi) is 5.02. The van der Waals surface area contributed by atoms with Gasteiger partial charge in [0.05, 0.1) is 5.01 Å². The summed E-state index contributed by atoms with van der Waals surface area (Å²) in [6, 6.07) is 0.723. The van der Waals surface area contributed by atoms with Crippen molar-refractivity contribution >= 4 is 11.3 Å². The maximum absolute atomic E-state index is 4.40. The van der Waals surface area contributed by atoms with Crippen LogP contribution < -0.4 is 5.32 Å². The molecule has 1 aromatic heterocycles. The Morgan fingerprint density at radius 3 is 2.53 bits per heavy atom. The van der Waals surface area contributed by atoms with Gasteiger partial charge in [0.15, 0.2) is 0 Å². The zero-order valence-electron chi connectivity index (χ0n) is 12.8. The van der Waals surface area contributed by atoms with Gasteiger partial charge in [0.2, 0.25) is 0 Å². The molecule has 0 aliphatic heterocycles. The van der Waals surface area contributed by atoms with Gasteiger partial charge < -0.3 is 5.32 Å². The van der Waals surface area contributed by atoms with Crippen LogP contribution in [0.1, 0.15) is 64.3 Å². The molecular weight excluding hydrogens is 252 g/mol. The van der Waals surface area contributed by atoms with Crippen LogP contribution in [-0.4, -0.2) is 17.6 Å². The molecule has 0 saturated heterocycles. The van der Waals surface area contributed by atoms with E-state index < -0.39 is 0 Å². The highest BCUT2D eigenvalue weighted by atomic mass is 32.1. The van der Waals surface area contributed by atoms with E-state index in [1.54, 1.807) is 11.3 Å². The van der Waals surface area contributed by atoms with Gasteiger partial charge in [-0.05, 0) is 37.0 Å². The minimum Gasteiger partial charge on any atom is -0.313 e. The van der Waals surface area contributed by atoms with Crippen molar-refractivity contribution < 1.29 is 0 Å². The zero-order valence-corrected chi connectivity index (χ0v) is 13.6. The van der Waals surface area contributed by atoms with Crippen LogP contribution in [0, 0.1) is 11.3 Å². The summed E-state index contributed by atoms with van der Waals surface area (Å²) in [7, 11) is 0. The van der Waals surface area contributed by atoms with Crippen molar-refractivity contribution in [1.82, 2.24) is 10.3 Å². The quantitative estimate of drug-likeness (QED) is 0.882. The van der Waals surface area contributed by atoms with Gasteiger partial charge >= 0.3 is 0 Å². The van der Waals surface area contributed by atoms with Crippen molar-refractivity contribution in [1.29, 1.82) is 0 Å². The number of thiazole rings is 1. The van der Waals surface area contributed by atoms with Gasteiger partial charge in [-0.1, -0.05) is 27.7 Å². The highest BCUT2D eigenvalue weighted by molar-refractivity contribution is 7.09. The SMILES string of the molecule is CC(CNC1CCC(C(C)(C)C)CC1)c1nccs1. The van der Waals surface area contributed by atoms with E-state index in [2.05, 4.69) is 43.4 Å². The first-order valence-corrected chi connectivity index (χ1v) is 8.47. The van der Waals surface area contributed by atoms with Gasteiger partial charge in [0, 0.05) is 30.1 Å². The molecule has 1 aromatic rings. The molecule has 1 N–H and O–H groups in total. The van der Waals surface area contributed by atoms with Crippen LogP contribution in [0.2, 0.25) is 0 Å². The second kappa shape index (κ2) is 6.36. The number of rotatable bonds is 4. The fraction of sp³-hybridized carbons (Fsp3) is 0.812. The third-order valence-electron chi connectivity index (χ3n) is 4.54. The molecule has 2 rings (SSSR count). The summed E-state index contributed by atoms with van der Waals surface area (Å²) in [5.74, 6) is 1.45. The van der Waals surface area contributed by atoms with Gasteiger partial charge in [0.25, 0.3) is 0 Å². The molecule has 1 fully saturated rings. The number of hydrogen-bond donors (Lipinski definition) is 1. The van der Waals surface area contributed by atoms with E-state index in [4.69, 9.17) is 0 Å². The standard InChI is InChI=1S/C16H28N2S/c1-12(15-17-9-10-19-15)11-18-14-7-5-13(6-8-14)16(2,3)4/h9-10,12-14,18H,5-8,11H2,1-4H3. The molecular formula is C16H28N2S. The van der Waals surface area contributed by atoms with Crippen LogP contribution in [-0.2, 0) is 0 Å². The van der Waals surface area contributed by atoms with Gasteiger partial charge in [-0.25, -0.2) is 4.98 Å². The van der Waals surface area contributed by atoms with Crippen molar-refractivity contribution in [3.8, 4) is 0 Å². The van der Waals surface area contributed by atoms with Crippen molar-refractivity contribution in [2.24, 2.45) is 11.3 Å². The largest absolute Gasteiger partial charge is 0.313 e. The predicted molar refractivity (Wildman–Crippen MR) is 83.7 cm³/mol. The molecule has 0 spiro atoms. The Morgan fingerprint density at radius 1 is 1.32 bits per heavy atom. The summed E-state index contributed by atoms with van der Waals surface area (Å²) in [5, 5.41) is 7.08. The highest BCUT2D eigenvalue weighted by Crippen LogP contribution is 2.37. The van der Waals surface area contributed by atoms with Crippen molar-refractivity contribution in [2.45, 2.75) is 65.3 Å². The summed E-state index contributed by atoms with van der Waals surface area (Å²) in [6.45, 7) is 10.5. The molecule has 0 bridgehead atoms. The molecule has 108 valence electrons. The fourth-order valence-corrected chi connectivity index (χ4v) is 3.77. The number of nitrogens with one attached hydrogen (secondary N) is 1. The van der Waals surface area contributed by atoms with Crippen LogP contribution in [0.25, 0.3) is 0 Å². The fourth-order valence-electron chi connectivity index (χ4n) is 3.07. The predicted octanol–water partition coefficient (Wildman–Crippen LogP) is 4.44. The van der Waals surface area contributed by atoms with E-state index in [9.17, 15) is 0 Å². The number of hydrogen-bond acceptors (Lipinski definition) is 3. The van der Waals surface area contributed by atoms with E-state index in [1.165, 1.54) is 30.7 Å². The average Bonchev–Trinajstić information content (AvgIpc) is 2.89.